The van der Waals surface area contributed by atoms with E-state index in [1.165, 1.54) is 73.4 Å². The largest absolute Gasteiger partial charge is 0.326 e. The number of rotatable bonds is 4. The van der Waals surface area contributed by atoms with Crippen molar-refractivity contribution in [1.29, 1.82) is 0 Å². The Hall–Kier alpha value is -0.0800. The number of nitrogens with zero attached hydrogens (tertiary/aromatic N) is 2. The van der Waals surface area contributed by atoms with Crippen LogP contribution in [0.1, 0.15) is 85.5 Å². The smallest absolute Gasteiger partial charge is 0.0943 e. The molecule has 8 atom stereocenters. The van der Waals surface area contributed by atoms with E-state index in [4.69, 9.17) is 0 Å². The van der Waals surface area contributed by atoms with Crippen LogP contribution in [0.15, 0.2) is 0 Å². The number of fused-ring (bicyclic) bond motifs is 5. The van der Waals surface area contributed by atoms with Crippen LogP contribution in [0, 0.1) is 34.5 Å². The van der Waals surface area contributed by atoms with Crippen molar-refractivity contribution in [2.75, 3.05) is 41.3 Å². The predicted octanol–water partition coefficient (Wildman–Crippen LogP) is 5.96. The predicted molar refractivity (Wildman–Crippen MR) is 125 cm³/mol. The maximum atomic E-state index is 2.75. The molecule has 2 heteroatoms. The lowest BCUT2D eigenvalue weighted by atomic mass is 9.44. The quantitative estimate of drug-likeness (QED) is 0.507. The van der Waals surface area contributed by atoms with Gasteiger partial charge in [0.25, 0.3) is 0 Å². The minimum absolute atomic E-state index is 0.599. The summed E-state index contributed by atoms with van der Waals surface area (Å²) in [6, 6.07) is 1.80. The van der Waals surface area contributed by atoms with Crippen molar-refractivity contribution in [3.8, 4) is 0 Å². The zero-order valence-electron chi connectivity index (χ0n) is 21.1. The molecule has 4 rings (SSSR count). The second-order valence-corrected chi connectivity index (χ2v) is 13.4. The van der Waals surface area contributed by atoms with E-state index in [1.54, 1.807) is 6.42 Å². The maximum Gasteiger partial charge on any atom is 0.0943 e. The molecule has 2 nitrogen and oxygen atoms in total. The molecule has 0 aromatic carbocycles. The summed E-state index contributed by atoms with van der Waals surface area (Å²) < 4.78 is 2.49. The fourth-order valence-electron chi connectivity index (χ4n) is 9.47. The van der Waals surface area contributed by atoms with Crippen molar-refractivity contribution in [2.24, 2.45) is 34.5 Å². The minimum Gasteiger partial charge on any atom is -0.326 e. The second kappa shape index (κ2) is 7.22. The van der Waals surface area contributed by atoms with Gasteiger partial charge < -0.3 is 8.97 Å². The molecule has 0 aromatic heterocycles. The molecule has 0 saturated heterocycles. The molecular formula is C27H52N2+2. The number of hydrogen-bond donors (Lipinski definition) is 0. The van der Waals surface area contributed by atoms with Crippen LogP contribution in [0.5, 0.6) is 0 Å². The van der Waals surface area contributed by atoms with Crippen molar-refractivity contribution in [3.05, 3.63) is 0 Å². The van der Waals surface area contributed by atoms with Gasteiger partial charge in [0, 0.05) is 18.3 Å². The topological polar surface area (TPSA) is 0 Å². The van der Waals surface area contributed by atoms with Crippen LogP contribution in [-0.2, 0) is 0 Å². The molecule has 0 heterocycles. The SMILES string of the molecule is CC[N+](C)(C)[C@@H]1CC[C@]2(C)C3CC[C@@]4(C)C(CC[C@H]4[N+](C)(C)CC)[C@@H]3CC[C@H]2C1. The molecule has 0 amide bonds. The minimum atomic E-state index is 0.599. The molecule has 29 heavy (non-hydrogen) atoms. The lowest BCUT2D eigenvalue weighted by Crippen LogP contribution is -2.60. The van der Waals surface area contributed by atoms with E-state index in [-0.39, 0.29) is 0 Å². The fraction of sp³-hybridized carbons (Fsp3) is 1.00. The van der Waals surface area contributed by atoms with Gasteiger partial charge in [0.15, 0.2) is 0 Å². The average Bonchev–Trinajstić information content (AvgIpc) is 3.05. The fourth-order valence-corrected chi connectivity index (χ4v) is 9.47. The molecule has 0 aliphatic heterocycles. The van der Waals surface area contributed by atoms with Gasteiger partial charge in [-0.05, 0) is 87.9 Å². The molecule has 0 spiro atoms. The molecule has 4 saturated carbocycles. The first-order valence-corrected chi connectivity index (χ1v) is 13.1. The highest BCUT2D eigenvalue weighted by atomic mass is 15.3. The first-order valence-electron chi connectivity index (χ1n) is 13.1. The first kappa shape index (κ1) is 22.1. The Balaban J connectivity index is 1.55. The highest BCUT2D eigenvalue weighted by Gasteiger charge is 2.63. The molecular weight excluding hydrogens is 352 g/mol. The van der Waals surface area contributed by atoms with Crippen LogP contribution >= 0.6 is 0 Å². The summed E-state index contributed by atoms with van der Waals surface area (Å²) in [7, 11) is 9.99. The van der Waals surface area contributed by atoms with Crippen molar-refractivity contribution in [1.82, 2.24) is 0 Å². The first-order chi connectivity index (χ1) is 13.5. The van der Waals surface area contributed by atoms with Crippen LogP contribution in [0.3, 0.4) is 0 Å². The zero-order chi connectivity index (χ0) is 21.2. The van der Waals surface area contributed by atoms with Gasteiger partial charge in [-0.2, -0.15) is 0 Å². The second-order valence-electron chi connectivity index (χ2n) is 13.4. The van der Waals surface area contributed by atoms with Crippen LogP contribution in [-0.4, -0.2) is 62.3 Å². The number of quaternary nitrogens is 2. The highest BCUT2D eigenvalue weighted by Crippen LogP contribution is 2.67. The van der Waals surface area contributed by atoms with Crippen LogP contribution in [0.2, 0.25) is 0 Å². The van der Waals surface area contributed by atoms with Gasteiger partial charge >= 0.3 is 0 Å². The van der Waals surface area contributed by atoms with E-state index in [1.807, 2.05) is 0 Å². The molecule has 2 unspecified atom stereocenters. The van der Waals surface area contributed by atoms with Crippen LogP contribution in [0.25, 0.3) is 0 Å². The van der Waals surface area contributed by atoms with Crippen LogP contribution < -0.4 is 0 Å². The lowest BCUT2D eigenvalue weighted by Gasteiger charge is -2.62. The van der Waals surface area contributed by atoms with Gasteiger partial charge in [-0.3, -0.25) is 0 Å². The molecule has 0 aromatic rings. The molecule has 0 N–H and O–H groups in total. The summed E-state index contributed by atoms with van der Waals surface area (Å²) in [5.74, 6) is 4.06. The van der Waals surface area contributed by atoms with Gasteiger partial charge in [0.05, 0.1) is 53.4 Å². The monoisotopic (exact) mass is 404 g/mol. The molecule has 4 fully saturated rings. The van der Waals surface area contributed by atoms with Gasteiger partial charge in [0.2, 0.25) is 0 Å². The summed E-state index contributed by atoms with van der Waals surface area (Å²) in [5.41, 5.74) is 1.24. The molecule has 4 aliphatic carbocycles. The van der Waals surface area contributed by atoms with E-state index >= 15 is 0 Å². The van der Waals surface area contributed by atoms with E-state index in [0.29, 0.717) is 10.8 Å². The third-order valence-corrected chi connectivity index (χ3v) is 12.1. The molecule has 168 valence electrons. The van der Waals surface area contributed by atoms with Crippen molar-refractivity contribution < 1.29 is 8.97 Å². The standard InChI is InChI=1S/C27H52N2/c1-9-28(5,6)21-15-17-26(3)20(19-21)11-12-22-23-13-14-25(29(7,8)10-2)27(23,4)18-16-24(22)26/h20-25H,9-19H2,1-8H3/q+2/t20-,21+,22-,23?,24?,25+,26-,27-/m0/s1. The van der Waals surface area contributed by atoms with Crippen molar-refractivity contribution in [2.45, 2.75) is 97.6 Å². The maximum absolute atomic E-state index is 2.75. The number of hydrogen-bond acceptors (Lipinski definition) is 0. The van der Waals surface area contributed by atoms with E-state index in [9.17, 15) is 0 Å². The van der Waals surface area contributed by atoms with Gasteiger partial charge in [-0.1, -0.05) is 13.8 Å². The Kier molecular flexibility index (Phi) is 5.51. The summed E-state index contributed by atoms with van der Waals surface area (Å²) in [4.78, 5) is 0. The van der Waals surface area contributed by atoms with Gasteiger partial charge in [0.1, 0.15) is 0 Å². The molecule has 0 bridgehead atoms. The van der Waals surface area contributed by atoms with E-state index in [0.717, 1.165) is 35.8 Å². The Morgan fingerprint density at radius 1 is 0.690 bits per heavy atom. The lowest BCUT2D eigenvalue weighted by molar-refractivity contribution is -0.920. The summed E-state index contributed by atoms with van der Waals surface area (Å²) >= 11 is 0. The summed E-state index contributed by atoms with van der Waals surface area (Å²) in [6.07, 6.45) is 13.6. The third-order valence-electron chi connectivity index (χ3n) is 12.1. The molecule has 4 aliphatic rings. The van der Waals surface area contributed by atoms with Crippen molar-refractivity contribution >= 4 is 0 Å². The normalized spacial score (nSPS) is 48.0. The third kappa shape index (κ3) is 3.25. The van der Waals surface area contributed by atoms with E-state index < -0.39 is 0 Å². The highest BCUT2D eigenvalue weighted by molar-refractivity contribution is 5.09. The van der Waals surface area contributed by atoms with E-state index in [2.05, 4.69) is 55.9 Å². The van der Waals surface area contributed by atoms with Crippen LogP contribution in [0.4, 0.5) is 0 Å². The Morgan fingerprint density at radius 2 is 1.31 bits per heavy atom. The Labute approximate surface area is 182 Å². The Morgan fingerprint density at radius 3 is 1.97 bits per heavy atom. The van der Waals surface area contributed by atoms with Crippen molar-refractivity contribution in [3.63, 3.8) is 0 Å². The summed E-state index contributed by atoms with van der Waals surface area (Å²) in [6.45, 7) is 12.8. The average molecular weight is 405 g/mol. The molecule has 0 radical (unpaired) electrons. The van der Waals surface area contributed by atoms with Gasteiger partial charge in [-0.25, -0.2) is 0 Å². The zero-order valence-corrected chi connectivity index (χ0v) is 21.1. The summed E-state index contributed by atoms with van der Waals surface area (Å²) in [5, 5.41) is 0. The van der Waals surface area contributed by atoms with Gasteiger partial charge in [-0.15, -0.1) is 0 Å². The Bertz CT molecular complexity index is 610.